The van der Waals surface area contributed by atoms with Crippen LogP contribution < -0.4 is 5.35 Å². The van der Waals surface area contributed by atoms with Crippen LogP contribution in [0.4, 0.5) is 4.39 Å². The first kappa shape index (κ1) is 13.7. The van der Waals surface area contributed by atoms with Crippen molar-refractivity contribution < 1.29 is 9.50 Å². The summed E-state index contributed by atoms with van der Waals surface area (Å²) in [6.07, 6.45) is 10.4. The van der Waals surface area contributed by atoms with E-state index in [1.54, 1.807) is 18.6 Å². The second-order valence-corrected chi connectivity index (χ2v) is 6.25. The minimum absolute atomic E-state index is 0.247. The van der Waals surface area contributed by atoms with Crippen molar-refractivity contribution in [1.29, 1.82) is 0 Å². The molecule has 3 nitrogen and oxygen atoms in total. The second kappa shape index (κ2) is 5.36. The molecule has 0 amide bonds. The van der Waals surface area contributed by atoms with Gasteiger partial charge in [-0.3, -0.25) is 4.40 Å². The van der Waals surface area contributed by atoms with Gasteiger partial charge in [0.1, 0.15) is 5.82 Å². The molecule has 1 unspecified atom stereocenters. The highest BCUT2D eigenvalue weighted by Gasteiger charge is 2.21. The van der Waals surface area contributed by atoms with Crippen LogP contribution in [0.25, 0.3) is 22.4 Å². The lowest BCUT2D eigenvalue weighted by molar-refractivity contribution is 0.137. The zero-order valence-electron chi connectivity index (χ0n) is 12.4. The summed E-state index contributed by atoms with van der Waals surface area (Å²) in [5.74, 6) is 0.0346. The van der Waals surface area contributed by atoms with Gasteiger partial charge in [0.2, 0.25) is 0 Å². The molecule has 1 aliphatic carbocycles. The van der Waals surface area contributed by atoms with Gasteiger partial charge in [0.05, 0.1) is 29.5 Å². The number of imidazole rings is 1. The average Bonchev–Trinajstić information content (AvgIpc) is 3.12. The number of fused-ring (bicyclic) bond motifs is 3. The smallest absolute Gasteiger partial charge is 0.133 e. The van der Waals surface area contributed by atoms with E-state index in [4.69, 9.17) is 0 Å². The summed E-state index contributed by atoms with van der Waals surface area (Å²) in [6, 6.07) is 5.09. The third kappa shape index (κ3) is 2.10. The van der Waals surface area contributed by atoms with Gasteiger partial charge in [-0.2, -0.15) is 0 Å². The Balaban J connectivity index is 1.91. The standard InChI is InChI=1S/C18H19FN2O/c19-14-8-4-7-13-16-10-20-11-21(16)15(18(13)14)9-17(22)12-5-2-1-3-6-12/h4,7-12,17,22H,1-3,5-6H2/b15-9-. The highest BCUT2D eigenvalue weighted by atomic mass is 19.1. The van der Waals surface area contributed by atoms with E-state index in [1.165, 1.54) is 25.3 Å². The molecule has 0 aliphatic heterocycles. The van der Waals surface area contributed by atoms with Gasteiger partial charge in [0.15, 0.2) is 0 Å². The molecule has 2 heterocycles. The molecule has 0 bridgehead atoms. The number of nitrogens with zero attached hydrogens (tertiary/aromatic N) is 2. The minimum Gasteiger partial charge on any atom is -0.389 e. The first-order chi connectivity index (χ1) is 10.8. The lowest BCUT2D eigenvalue weighted by Crippen LogP contribution is -2.24. The molecule has 2 aromatic heterocycles. The molecule has 0 spiro atoms. The van der Waals surface area contributed by atoms with Gasteiger partial charge in [-0.15, -0.1) is 0 Å². The van der Waals surface area contributed by atoms with Crippen molar-refractivity contribution in [2.45, 2.75) is 38.2 Å². The van der Waals surface area contributed by atoms with Crippen LogP contribution in [0.5, 0.6) is 0 Å². The maximum atomic E-state index is 14.3. The SMILES string of the molecule is OC(/C=c1/c2c(F)cccc2c2cncn12)C1CCCCC1. The molecule has 3 aromatic rings. The number of halogens is 1. The third-order valence-electron chi connectivity index (χ3n) is 4.91. The number of benzene rings is 1. The molecule has 1 aromatic carbocycles. The van der Waals surface area contributed by atoms with Crippen LogP contribution in [0.15, 0.2) is 30.7 Å². The van der Waals surface area contributed by atoms with Crippen molar-refractivity contribution >= 4 is 22.4 Å². The maximum Gasteiger partial charge on any atom is 0.133 e. The Bertz CT molecular complexity index is 864. The molecule has 4 heteroatoms. The monoisotopic (exact) mass is 298 g/mol. The van der Waals surface area contributed by atoms with Crippen LogP contribution in [-0.2, 0) is 0 Å². The van der Waals surface area contributed by atoms with Crippen LogP contribution in [0.3, 0.4) is 0 Å². The van der Waals surface area contributed by atoms with Crippen molar-refractivity contribution in [3.8, 4) is 0 Å². The van der Waals surface area contributed by atoms with Crippen molar-refractivity contribution in [3.63, 3.8) is 0 Å². The summed E-state index contributed by atoms with van der Waals surface area (Å²) in [7, 11) is 0. The molecular formula is C18H19FN2O. The van der Waals surface area contributed by atoms with Crippen LogP contribution in [0, 0.1) is 11.7 Å². The van der Waals surface area contributed by atoms with E-state index in [9.17, 15) is 9.50 Å². The number of hydrogen-bond acceptors (Lipinski definition) is 2. The zero-order chi connectivity index (χ0) is 15.1. The molecule has 1 fully saturated rings. The van der Waals surface area contributed by atoms with Gasteiger partial charge in [0.25, 0.3) is 0 Å². The zero-order valence-corrected chi connectivity index (χ0v) is 12.4. The van der Waals surface area contributed by atoms with Gasteiger partial charge in [0, 0.05) is 10.8 Å². The van der Waals surface area contributed by atoms with E-state index < -0.39 is 6.10 Å². The Labute approximate surface area is 128 Å². The largest absolute Gasteiger partial charge is 0.389 e. The fraction of sp³-hybridized carbons (Fsp3) is 0.389. The first-order valence-electron chi connectivity index (χ1n) is 7.97. The topological polar surface area (TPSA) is 37.5 Å². The molecule has 1 saturated carbocycles. The van der Waals surface area contributed by atoms with Gasteiger partial charge >= 0.3 is 0 Å². The van der Waals surface area contributed by atoms with E-state index in [1.807, 2.05) is 16.5 Å². The van der Waals surface area contributed by atoms with Crippen LogP contribution >= 0.6 is 0 Å². The number of aliphatic hydroxyl groups is 1. The minimum atomic E-state index is -0.531. The fourth-order valence-corrected chi connectivity index (χ4v) is 3.74. The Morgan fingerprint density at radius 1 is 1.27 bits per heavy atom. The van der Waals surface area contributed by atoms with Gasteiger partial charge in [-0.05, 0) is 30.9 Å². The molecule has 4 rings (SSSR count). The normalized spacial score (nSPS) is 19.3. The predicted octanol–water partition coefficient (Wildman–Crippen LogP) is 3.07. The first-order valence-corrected chi connectivity index (χ1v) is 7.97. The summed E-state index contributed by atoms with van der Waals surface area (Å²) < 4.78 is 16.2. The van der Waals surface area contributed by atoms with Crippen LogP contribution in [-0.4, -0.2) is 20.6 Å². The highest BCUT2D eigenvalue weighted by molar-refractivity contribution is 5.98. The third-order valence-corrected chi connectivity index (χ3v) is 4.91. The summed E-state index contributed by atoms with van der Waals surface area (Å²) in [4.78, 5) is 4.16. The Kier molecular flexibility index (Phi) is 3.34. The number of rotatable bonds is 2. The molecule has 1 N–H and O–H groups in total. The Hall–Kier alpha value is -1.94. The van der Waals surface area contributed by atoms with Gasteiger partial charge < -0.3 is 5.11 Å². The molecule has 0 radical (unpaired) electrons. The number of aliphatic hydroxyl groups excluding tert-OH is 1. The lowest BCUT2D eigenvalue weighted by Gasteiger charge is -2.24. The van der Waals surface area contributed by atoms with E-state index in [0.29, 0.717) is 5.39 Å². The van der Waals surface area contributed by atoms with E-state index >= 15 is 0 Å². The fourth-order valence-electron chi connectivity index (χ4n) is 3.74. The molecular weight excluding hydrogens is 279 g/mol. The molecule has 1 atom stereocenters. The van der Waals surface area contributed by atoms with Crippen LogP contribution in [0.2, 0.25) is 0 Å². The highest BCUT2D eigenvalue weighted by Crippen LogP contribution is 2.27. The predicted molar refractivity (Wildman–Crippen MR) is 84.9 cm³/mol. The molecule has 1 aliphatic rings. The van der Waals surface area contributed by atoms with E-state index in [0.717, 1.165) is 29.1 Å². The summed E-state index contributed by atoms with van der Waals surface area (Å²) in [5.41, 5.74) is 0.886. The van der Waals surface area contributed by atoms with Crippen molar-refractivity contribution in [1.82, 2.24) is 9.38 Å². The van der Waals surface area contributed by atoms with E-state index in [2.05, 4.69) is 4.98 Å². The molecule has 22 heavy (non-hydrogen) atoms. The van der Waals surface area contributed by atoms with Crippen molar-refractivity contribution in [2.24, 2.45) is 5.92 Å². The van der Waals surface area contributed by atoms with Crippen LogP contribution in [0.1, 0.15) is 32.1 Å². The van der Waals surface area contributed by atoms with Gasteiger partial charge in [-0.25, -0.2) is 9.37 Å². The lowest BCUT2D eigenvalue weighted by atomic mass is 9.85. The van der Waals surface area contributed by atoms with Crippen molar-refractivity contribution in [3.05, 3.63) is 41.9 Å². The van der Waals surface area contributed by atoms with Gasteiger partial charge in [-0.1, -0.05) is 31.4 Å². The number of hydrogen-bond donors (Lipinski definition) is 1. The van der Waals surface area contributed by atoms with Crippen molar-refractivity contribution in [2.75, 3.05) is 0 Å². The summed E-state index contributed by atoms with van der Waals surface area (Å²) in [5, 5.41) is 12.7. The average molecular weight is 298 g/mol. The Morgan fingerprint density at radius 3 is 2.91 bits per heavy atom. The molecule has 114 valence electrons. The quantitative estimate of drug-likeness (QED) is 0.789. The second-order valence-electron chi connectivity index (χ2n) is 6.25. The summed E-state index contributed by atoms with van der Waals surface area (Å²) >= 11 is 0. The summed E-state index contributed by atoms with van der Waals surface area (Å²) in [6.45, 7) is 0. The molecule has 0 saturated heterocycles. The maximum absolute atomic E-state index is 14.3. The Morgan fingerprint density at radius 2 is 2.09 bits per heavy atom. The van der Waals surface area contributed by atoms with E-state index in [-0.39, 0.29) is 11.7 Å². The number of aromatic nitrogens is 2.